The first-order valence-electron chi connectivity index (χ1n) is 6.77. The lowest BCUT2D eigenvalue weighted by molar-refractivity contribution is 0.179. The van der Waals surface area contributed by atoms with Crippen LogP contribution in [-0.2, 0) is 10.0 Å². The van der Waals surface area contributed by atoms with Crippen LogP contribution in [-0.4, -0.2) is 62.9 Å². The lowest BCUT2D eigenvalue weighted by Crippen LogP contribution is -2.49. The molecule has 1 aromatic rings. The van der Waals surface area contributed by atoms with E-state index >= 15 is 0 Å². The molecule has 0 amide bonds. The van der Waals surface area contributed by atoms with Crippen molar-refractivity contribution in [3.05, 3.63) is 16.8 Å². The van der Waals surface area contributed by atoms with Gasteiger partial charge in [0.15, 0.2) is 4.67 Å². The van der Waals surface area contributed by atoms with Gasteiger partial charge in [-0.1, -0.05) is 0 Å². The number of nitrogens with zero attached hydrogens (tertiary/aromatic N) is 2. The Morgan fingerprint density at radius 1 is 1.25 bits per heavy atom. The molecule has 0 bridgehead atoms. The molecule has 0 spiro atoms. The van der Waals surface area contributed by atoms with E-state index in [9.17, 15) is 8.42 Å². The van der Waals surface area contributed by atoms with E-state index in [0.29, 0.717) is 23.8 Å². The van der Waals surface area contributed by atoms with Gasteiger partial charge in [0.2, 0.25) is 5.09 Å². The van der Waals surface area contributed by atoms with E-state index in [1.807, 2.05) is 0 Å². The van der Waals surface area contributed by atoms with Crippen LogP contribution in [0.4, 0.5) is 0 Å². The van der Waals surface area contributed by atoms with Crippen molar-refractivity contribution in [2.75, 3.05) is 39.3 Å². The van der Waals surface area contributed by atoms with Gasteiger partial charge in [-0.3, -0.25) is 4.90 Å². The van der Waals surface area contributed by atoms with Crippen molar-refractivity contribution in [3.63, 3.8) is 0 Å². The molecule has 2 saturated heterocycles. The van der Waals surface area contributed by atoms with Crippen molar-refractivity contribution >= 4 is 26.0 Å². The van der Waals surface area contributed by atoms with E-state index in [2.05, 4.69) is 26.1 Å². The van der Waals surface area contributed by atoms with Crippen LogP contribution in [0, 0.1) is 0 Å². The average molecular weight is 364 g/mol. The monoisotopic (exact) mass is 363 g/mol. The van der Waals surface area contributed by atoms with Crippen molar-refractivity contribution in [1.82, 2.24) is 14.5 Å². The summed E-state index contributed by atoms with van der Waals surface area (Å²) in [7, 11) is -3.50. The molecule has 2 aliphatic rings. The Bertz CT molecular complexity index is 568. The largest absolute Gasteiger partial charge is 0.437 e. The van der Waals surface area contributed by atoms with Gasteiger partial charge in [0.05, 0.1) is 0 Å². The second-order valence-corrected chi connectivity index (χ2v) is 7.80. The fourth-order valence-corrected chi connectivity index (χ4v) is 4.66. The average Bonchev–Trinajstić information content (AvgIpc) is 3.09. The van der Waals surface area contributed by atoms with Crippen LogP contribution >= 0.6 is 15.9 Å². The number of piperazine rings is 1. The molecule has 112 valence electrons. The molecule has 3 rings (SSSR count). The smallest absolute Gasteiger partial charge is 0.276 e. The fraction of sp³-hybridized carbons (Fsp3) is 0.667. The summed E-state index contributed by atoms with van der Waals surface area (Å²) in [4.78, 5) is 2.38. The van der Waals surface area contributed by atoms with Crippen molar-refractivity contribution in [1.29, 1.82) is 0 Å². The molecule has 0 saturated carbocycles. The SMILES string of the molecule is O=S(=O)(c1ccc(Br)o1)N1CCC(N2CCNCC2)C1. The van der Waals surface area contributed by atoms with Crippen LogP contribution in [0.15, 0.2) is 26.3 Å². The minimum absolute atomic E-state index is 0.0188. The molecule has 0 radical (unpaired) electrons. The maximum absolute atomic E-state index is 12.5. The van der Waals surface area contributed by atoms with Gasteiger partial charge in [-0.15, -0.1) is 0 Å². The van der Waals surface area contributed by atoms with Gasteiger partial charge in [-0.25, -0.2) is 8.42 Å². The molecule has 3 heterocycles. The fourth-order valence-electron chi connectivity index (χ4n) is 2.84. The second-order valence-electron chi connectivity index (χ2n) is 5.15. The van der Waals surface area contributed by atoms with Gasteiger partial charge >= 0.3 is 0 Å². The Morgan fingerprint density at radius 3 is 2.65 bits per heavy atom. The topological polar surface area (TPSA) is 65.8 Å². The Kier molecular flexibility index (Phi) is 4.19. The number of halogens is 1. The van der Waals surface area contributed by atoms with Crippen LogP contribution in [0.25, 0.3) is 0 Å². The lowest BCUT2D eigenvalue weighted by Gasteiger charge is -2.32. The summed E-state index contributed by atoms with van der Waals surface area (Å²) in [6.07, 6.45) is 0.890. The third-order valence-corrected chi connectivity index (χ3v) is 6.10. The van der Waals surface area contributed by atoms with Crippen molar-refractivity contribution in [3.8, 4) is 0 Å². The summed E-state index contributed by atoms with van der Waals surface area (Å²) in [6.45, 7) is 5.06. The van der Waals surface area contributed by atoms with Crippen molar-refractivity contribution < 1.29 is 12.8 Å². The lowest BCUT2D eigenvalue weighted by atomic mass is 10.2. The van der Waals surface area contributed by atoms with Crippen LogP contribution in [0.1, 0.15) is 6.42 Å². The first-order chi connectivity index (χ1) is 9.57. The molecular weight excluding hydrogens is 346 g/mol. The van der Waals surface area contributed by atoms with E-state index in [-0.39, 0.29) is 5.09 Å². The van der Waals surface area contributed by atoms with Gasteiger partial charge in [-0.05, 0) is 34.5 Å². The van der Waals surface area contributed by atoms with E-state index in [4.69, 9.17) is 4.42 Å². The third-order valence-electron chi connectivity index (χ3n) is 3.94. The standard InChI is InChI=1S/C12H18BrN3O3S/c13-11-1-2-12(19-11)20(17,18)16-6-3-10(9-16)15-7-4-14-5-8-15/h1-2,10,14H,3-9H2. The van der Waals surface area contributed by atoms with Crippen LogP contribution in [0.2, 0.25) is 0 Å². The summed E-state index contributed by atoms with van der Waals surface area (Å²) in [5, 5.41) is 3.33. The predicted octanol–water partition coefficient (Wildman–Crippen LogP) is 0.710. The normalized spacial score (nSPS) is 26.1. The van der Waals surface area contributed by atoms with Gasteiger partial charge in [0.25, 0.3) is 10.0 Å². The van der Waals surface area contributed by atoms with Gasteiger partial charge in [0, 0.05) is 45.3 Å². The van der Waals surface area contributed by atoms with E-state index in [1.54, 1.807) is 6.07 Å². The molecule has 20 heavy (non-hydrogen) atoms. The first-order valence-corrected chi connectivity index (χ1v) is 9.01. The minimum Gasteiger partial charge on any atom is -0.437 e. The maximum atomic E-state index is 12.5. The molecule has 8 heteroatoms. The molecule has 0 aromatic carbocycles. The number of rotatable bonds is 3. The summed E-state index contributed by atoms with van der Waals surface area (Å²) in [5.41, 5.74) is 0. The van der Waals surface area contributed by atoms with E-state index in [1.165, 1.54) is 10.4 Å². The number of hydrogen-bond acceptors (Lipinski definition) is 5. The zero-order valence-corrected chi connectivity index (χ0v) is 13.5. The Balaban J connectivity index is 1.70. The maximum Gasteiger partial charge on any atom is 0.276 e. The van der Waals surface area contributed by atoms with E-state index < -0.39 is 10.0 Å². The summed E-state index contributed by atoms with van der Waals surface area (Å²) >= 11 is 3.14. The highest BCUT2D eigenvalue weighted by molar-refractivity contribution is 9.10. The molecule has 1 N–H and O–H groups in total. The van der Waals surface area contributed by atoms with Crippen LogP contribution in [0.5, 0.6) is 0 Å². The second kappa shape index (κ2) is 5.76. The predicted molar refractivity (Wildman–Crippen MR) is 78.0 cm³/mol. The Hall–Kier alpha value is -0.410. The van der Waals surface area contributed by atoms with Gasteiger partial charge in [0.1, 0.15) is 0 Å². The van der Waals surface area contributed by atoms with Gasteiger partial charge in [-0.2, -0.15) is 4.31 Å². The molecule has 0 aliphatic carbocycles. The highest BCUT2D eigenvalue weighted by atomic mass is 79.9. The first kappa shape index (κ1) is 14.5. The Labute approximate surface area is 127 Å². The molecule has 1 atom stereocenters. The molecule has 2 fully saturated rings. The van der Waals surface area contributed by atoms with Crippen molar-refractivity contribution in [2.24, 2.45) is 0 Å². The van der Waals surface area contributed by atoms with Crippen LogP contribution in [0.3, 0.4) is 0 Å². The van der Waals surface area contributed by atoms with Crippen LogP contribution < -0.4 is 5.32 Å². The highest BCUT2D eigenvalue weighted by Crippen LogP contribution is 2.26. The number of sulfonamides is 1. The molecular formula is C12H18BrN3O3S. The molecule has 6 nitrogen and oxygen atoms in total. The molecule has 1 unspecified atom stereocenters. The molecule has 2 aliphatic heterocycles. The number of hydrogen-bond donors (Lipinski definition) is 1. The third kappa shape index (κ3) is 2.80. The van der Waals surface area contributed by atoms with Gasteiger partial charge < -0.3 is 9.73 Å². The quantitative estimate of drug-likeness (QED) is 0.856. The highest BCUT2D eigenvalue weighted by Gasteiger charge is 2.36. The zero-order chi connectivity index (χ0) is 14.2. The number of nitrogens with one attached hydrogen (secondary N) is 1. The zero-order valence-electron chi connectivity index (χ0n) is 11.1. The summed E-state index contributed by atoms with van der Waals surface area (Å²) < 4.78 is 32.1. The van der Waals surface area contributed by atoms with Crippen molar-refractivity contribution in [2.45, 2.75) is 17.6 Å². The molecule has 1 aromatic heterocycles. The van der Waals surface area contributed by atoms with E-state index in [0.717, 1.165) is 32.6 Å². The Morgan fingerprint density at radius 2 is 2.00 bits per heavy atom. The number of furan rings is 1. The summed E-state index contributed by atoms with van der Waals surface area (Å²) in [5.74, 6) is 0. The summed E-state index contributed by atoms with van der Waals surface area (Å²) in [6, 6.07) is 3.43. The minimum atomic E-state index is -3.50.